The highest BCUT2D eigenvalue weighted by molar-refractivity contribution is 7.92. The first-order valence-electron chi connectivity index (χ1n) is 14.2. The molecule has 1 saturated carbocycles. The van der Waals surface area contributed by atoms with Crippen molar-refractivity contribution in [1.82, 2.24) is 10.2 Å². The number of halogens is 1. The second kappa shape index (κ2) is 13.8. The number of para-hydroxylation sites is 1. The summed E-state index contributed by atoms with van der Waals surface area (Å²) in [6.45, 7) is 3.44. The Morgan fingerprint density at radius 2 is 1.56 bits per heavy atom. The van der Waals surface area contributed by atoms with E-state index in [0.29, 0.717) is 12.1 Å². The van der Waals surface area contributed by atoms with Gasteiger partial charge in [0.15, 0.2) is 0 Å². The molecular weight excluding hydrogens is 541 g/mol. The first-order chi connectivity index (χ1) is 19.7. The first-order valence-corrected chi connectivity index (χ1v) is 15.6. The highest BCUT2D eigenvalue weighted by Crippen LogP contribution is 2.25. The normalized spacial score (nSPS) is 14.7. The highest BCUT2D eigenvalue weighted by Gasteiger charge is 2.34. The van der Waals surface area contributed by atoms with Gasteiger partial charge in [0, 0.05) is 12.6 Å². The van der Waals surface area contributed by atoms with Gasteiger partial charge in [-0.25, -0.2) is 12.8 Å². The molecule has 0 radical (unpaired) electrons. The maximum atomic E-state index is 14.1. The smallest absolute Gasteiger partial charge is 0.264 e. The van der Waals surface area contributed by atoms with Gasteiger partial charge in [-0.05, 0) is 68.1 Å². The third-order valence-electron chi connectivity index (χ3n) is 7.54. The van der Waals surface area contributed by atoms with Crippen molar-refractivity contribution >= 4 is 27.5 Å². The van der Waals surface area contributed by atoms with Crippen LogP contribution in [0.25, 0.3) is 0 Å². The predicted molar refractivity (Wildman–Crippen MR) is 158 cm³/mol. The van der Waals surface area contributed by atoms with Crippen LogP contribution in [0.15, 0.2) is 83.8 Å². The topological polar surface area (TPSA) is 86.8 Å². The van der Waals surface area contributed by atoms with Crippen LogP contribution in [0.4, 0.5) is 10.1 Å². The van der Waals surface area contributed by atoms with Crippen LogP contribution in [-0.2, 0) is 26.2 Å². The van der Waals surface area contributed by atoms with Crippen molar-refractivity contribution in [3.05, 3.63) is 95.8 Å². The minimum absolute atomic E-state index is 0.0706. The lowest BCUT2D eigenvalue weighted by molar-refractivity contribution is -0.140. The van der Waals surface area contributed by atoms with Crippen LogP contribution in [0.2, 0.25) is 0 Å². The number of benzene rings is 3. The van der Waals surface area contributed by atoms with E-state index in [1.807, 2.05) is 38.1 Å². The lowest BCUT2D eigenvalue weighted by Crippen LogP contribution is -2.54. The number of hydrogen-bond donors (Lipinski definition) is 1. The molecule has 7 nitrogen and oxygen atoms in total. The number of hydrogen-bond acceptors (Lipinski definition) is 4. The summed E-state index contributed by atoms with van der Waals surface area (Å²) in [5, 5.41) is 3.15. The number of amides is 2. The van der Waals surface area contributed by atoms with Gasteiger partial charge >= 0.3 is 0 Å². The molecule has 2 amide bonds. The zero-order chi connectivity index (χ0) is 29.4. The van der Waals surface area contributed by atoms with Crippen molar-refractivity contribution < 1.29 is 22.4 Å². The van der Waals surface area contributed by atoms with Crippen molar-refractivity contribution in [1.29, 1.82) is 0 Å². The van der Waals surface area contributed by atoms with Crippen molar-refractivity contribution in [3.63, 3.8) is 0 Å². The summed E-state index contributed by atoms with van der Waals surface area (Å²) in [5.41, 5.74) is 2.19. The Bertz CT molecular complexity index is 1410. The first kappa shape index (κ1) is 30.2. The number of sulfonamides is 1. The van der Waals surface area contributed by atoms with Gasteiger partial charge in [0.25, 0.3) is 10.0 Å². The SMILES string of the molecule is CC[C@@H](C(=O)NC1CCCCC1)N(Cc1ccc(C)cc1)C(=O)CN(c1ccccc1)S(=O)(=O)c1ccc(F)cc1. The summed E-state index contributed by atoms with van der Waals surface area (Å²) in [4.78, 5) is 29.0. The third-order valence-corrected chi connectivity index (χ3v) is 9.32. The molecule has 9 heteroatoms. The van der Waals surface area contributed by atoms with E-state index in [1.54, 1.807) is 30.3 Å². The van der Waals surface area contributed by atoms with Crippen LogP contribution in [0.1, 0.15) is 56.6 Å². The molecule has 1 fully saturated rings. The standard InChI is InChI=1S/C32H38FN3O4S/c1-3-30(32(38)34-27-10-6-4-7-11-27)35(22-25-16-14-24(2)15-17-25)31(37)23-36(28-12-8-5-9-13-28)41(39,40)29-20-18-26(33)19-21-29/h5,8-9,12-21,27,30H,3-4,6-7,10-11,22-23H2,1-2H3,(H,34,38)/t30-/m0/s1. The van der Waals surface area contributed by atoms with Gasteiger partial charge in [0.1, 0.15) is 18.4 Å². The average molecular weight is 580 g/mol. The quantitative estimate of drug-likeness (QED) is 0.321. The van der Waals surface area contributed by atoms with Gasteiger partial charge in [0.2, 0.25) is 11.8 Å². The summed E-state index contributed by atoms with van der Waals surface area (Å²) in [5.74, 6) is -1.30. The molecule has 0 unspecified atom stereocenters. The minimum atomic E-state index is -4.23. The van der Waals surface area contributed by atoms with E-state index in [-0.39, 0.29) is 23.4 Å². The number of aryl methyl sites for hydroxylation is 1. The molecule has 3 aromatic carbocycles. The number of rotatable bonds is 11. The number of anilines is 1. The zero-order valence-corrected chi connectivity index (χ0v) is 24.4. The molecular formula is C32H38FN3O4S. The largest absolute Gasteiger partial charge is 0.352 e. The monoisotopic (exact) mass is 579 g/mol. The van der Waals surface area contributed by atoms with Crippen molar-refractivity contribution in [2.45, 2.75) is 75.9 Å². The summed E-state index contributed by atoms with van der Waals surface area (Å²) >= 11 is 0. The molecule has 1 aliphatic carbocycles. The van der Waals surface area contributed by atoms with Gasteiger partial charge < -0.3 is 10.2 Å². The molecule has 4 rings (SSSR count). The van der Waals surface area contributed by atoms with Crippen molar-refractivity contribution in [3.8, 4) is 0 Å². The van der Waals surface area contributed by atoms with Gasteiger partial charge in [-0.2, -0.15) is 0 Å². The van der Waals surface area contributed by atoms with Gasteiger partial charge in [-0.1, -0.05) is 74.2 Å². The van der Waals surface area contributed by atoms with E-state index in [2.05, 4.69) is 5.32 Å². The Morgan fingerprint density at radius 1 is 0.927 bits per heavy atom. The molecule has 218 valence electrons. The fraction of sp³-hybridized carbons (Fsp3) is 0.375. The van der Waals surface area contributed by atoms with E-state index in [4.69, 9.17) is 0 Å². The molecule has 41 heavy (non-hydrogen) atoms. The van der Waals surface area contributed by atoms with E-state index in [1.165, 1.54) is 17.0 Å². The fourth-order valence-electron chi connectivity index (χ4n) is 5.21. The fourth-order valence-corrected chi connectivity index (χ4v) is 6.62. The minimum Gasteiger partial charge on any atom is -0.352 e. The van der Waals surface area contributed by atoms with Gasteiger partial charge in [0.05, 0.1) is 10.6 Å². The van der Waals surface area contributed by atoms with Crippen LogP contribution in [-0.4, -0.2) is 43.8 Å². The van der Waals surface area contributed by atoms with Gasteiger partial charge in [-0.15, -0.1) is 0 Å². The van der Waals surface area contributed by atoms with Crippen LogP contribution in [0.3, 0.4) is 0 Å². The molecule has 0 saturated heterocycles. The van der Waals surface area contributed by atoms with Crippen molar-refractivity contribution in [2.24, 2.45) is 0 Å². The summed E-state index contributed by atoms with van der Waals surface area (Å²) in [6.07, 6.45) is 5.45. The number of nitrogens with one attached hydrogen (secondary N) is 1. The van der Waals surface area contributed by atoms with E-state index < -0.39 is 34.3 Å². The second-order valence-electron chi connectivity index (χ2n) is 10.6. The Kier molecular flexibility index (Phi) is 10.2. The highest BCUT2D eigenvalue weighted by atomic mass is 32.2. The summed E-state index contributed by atoms with van der Waals surface area (Å²) in [6, 6.07) is 19.8. The van der Waals surface area contributed by atoms with Gasteiger partial charge in [-0.3, -0.25) is 13.9 Å². The van der Waals surface area contributed by atoms with E-state index in [0.717, 1.165) is 59.7 Å². The molecule has 3 aromatic rings. The lowest BCUT2D eigenvalue weighted by atomic mass is 9.95. The molecule has 0 aromatic heterocycles. The predicted octanol–water partition coefficient (Wildman–Crippen LogP) is 5.59. The molecule has 0 aliphatic heterocycles. The molecule has 1 N–H and O–H groups in total. The van der Waals surface area contributed by atoms with Crippen LogP contribution in [0, 0.1) is 12.7 Å². The molecule has 0 bridgehead atoms. The Balaban J connectivity index is 1.68. The third kappa shape index (κ3) is 7.73. The Morgan fingerprint density at radius 3 is 2.17 bits per heavy atom. The number of carbonyl (C=O) groups excluding carboxylic acids is 2. The zero-order valence-electron chi connectivity index (χ0n) is 23.6. The molecule has 0 spiro atoms. The van der Waals surface area contributed by atoms with Crippen LogP contribution >= 0.6 is 0 Å². The number of carbonyl (C=O) groups is 2. The van der Waals surface area contributed by atoms with E-state index >= 15 is 0 Å². The van der Waals surface area contributed by atoms with Crippen LogP contribution in [0.5, 0.6) is 0 Å². The van der Waals surface area contributed by atoms with Crippen LogP contribution < -0.4 is 9.62 Å². The lowest BCUT2D eigenvalue weighted by Gasteiger charge is -2.34. The average Bonchev–Trinajstić information content (AvgIpc) is 2.98. The Labute approximate surface area is 242 Å². The summed E-state index contributed by atoms with van der Waals surface area (Å²) < 4.78 is 42.2. The van der Waals surface area contributed by atoms with Crippen molar-refractivity contribution in [2.75, 3.05) is 10.8 Å². The second-order valence-corrected chi connectivity index (χ2v) is 12.4. The molecule has 1 atom stereocenters. The van der Waals surface area contributed by atoms with E-state index in [9.17, 15) is 22.4 Å². The number of nitrogens with zero attached hydrogens (tertiary/aromatic N) is 2. The molecule has 0 heterocycles. The maximum Gasteiger partial charge on any atom is 0.264 e. The molecule has 1 aliphatic rings. The maximum absolute atomic E-state index is 14.1. The summed E-state index contributed by atoms with van der Waals surface area (Å²) in [7, 11) is -4.23. The Hall–Kier alpha value is -3.72.